The molecular weight excluding hydrogens is 551 g/mol. The summed E-state index contributed by atoms with van der Waals surface area (Å²) in [6, 6.07) is 5.71. The molecule has 0 saturated carbocycles. The van der Waals surface area contributed by atoms with E-state index in [0.29, 0.717) is 39.0 Å². The molecule has 0 unspecified atom stereocenters. The van der Waals surface area contributed by atoms with Crippen LogP contribution in [0.5, 0.6) is 0 Å². The summed E-state index contributed by atoms with van der Waals surface area (Å²) in [5.74, 6) is -1.85. The Balaban J connectivity index is 1.11. The van der Waals surface area contributed by atoms with Crippen molar-refractivity contribution < 1.29 is 18.0 Å². The molecule has 2 aliphatic heterocycles. The van der Waals surface area contributed by atoms with Gasteiger partial charge in [-0.15, -0.1) is 0 Å². The molecule has 2 saturated heterocycles. The minimum absolute atomic E-state index is 0.0840. The number of aromatic amines is 1. The van der Waals surface area contributed by atoms with Gasteiger partial charge in [-0.2, -0.15) is 23.5 Å². The number of carbonyl (C=O) groups is 1. The van der Waals surface area contributed by atoms with Gasteiger partial charge < -0.3 is 15.2 Å². The molecule has 15 heteroatoms. The van der Waals surface area contributed by atoms with E-state index < -0.39 is 23.4 Å². The lowest BCUT2D eigenvalue weighted by Gasteiger charge is -2.53. The van der Waals surface area contributed by atoms with Crippen molar-refractivity contribution in [3.05, 3.63) is 54.3 Å². The van der Waals surface area contributed by atoms with Gasteiger partial charge in [-0.25, -0.2) is 19.9 Å². The van der Waals surface area contributed by atoms with Gasteiger partial charge in [0.25, 0.3) is 5.91 Å². The van der Waals surface area contributed by atoms with Gasteiger partial charge in [0, 0.05) is 62.1 Å². The monoisotopic (exact) mass is 579 g/mol. The Labute approximate surface area is 238 Å². The zero-order valence-corrected chi connectivity index (χ0v) is 22.8. The SMILES string of the molecule is CNCc1cc(C(=O)N2CCC(N3CC(CC#N)(n4cc(-c5ncnc6[nH]ccc56)cn4)C3)CC2)nc(C(F)(F)F)n1. The maximum Gasteiger partial charge on any atom is 0.451 e. The smallest absolute Gasteiger partial charge is 0.346 e. The van der Waals surface area contributed by atoms with Crippen molar-refractivity contribution >= 4 is 16.9 Å². The van der Waals surface area contributed by atoms with Gasteiger partial charge in [0.2, 0.25) is 5.82 Å². The highest BCUT2D eigenvalue weighted by molar-refractivity contribution is 5.92. The molecule has 2 aliphatic rings. The maximum atomic E-state index is 13.3. The summed E-state index contributed by atoms with van der Waals surface area (Å²) in [6.45, 7) is 2.12. The van der Waals surface area contributed by atoms with Gasteiger partial charge in [-0.3, -0.25) is 14.4 Å². The minimum Gasteiger partial charge on any atom is -0.346 e. The number of alkyl halides is 3. The first-order valence-electron chi connectivity index (χ1n) is 13.5. The number of nitrogens with zero attached hydrogens (tertiary/aromatic N) is 9. The lowest BCUT2D eigenvalue weighted by atomic mass is 9.83. The number of H-pyrrole nitrogens is 1. The number of amides is 1. The summed E-state index contributed by atoms with van der Waals surface area (Å²) in [5.41, 5.74) is 1.69. The fourth-order valence-corrected chi connectivity index (χ4v) is 5.86. The second kappa shape index (κ2) is 10.8. The number of piperidine rings is 1. The normalized spacial score (nSPS) is 17.7. The number of hydrogen-bond acceptors (Lipinski definition) is 9. The maximum absolute atomic E-state index is 13.3. The van der Waals surface area contributed by atoms with Crippen LogP contribution in [0.2, 0.25) is 0 Å². The molecule has 2 N–H and O–H groups in total. The largest absolute Gasteiger partial charge is 0.451 e. The average Bonchev–Trinajstić information content (AvgIpc) is 3.64. The van der Waals surface area contributed by atoms with Crippen molar-refractivity contribution in [2.75, 3.05) is 33.2 Å². The Morgan fingerprint density at radius 2 is 2.02 bits per heavy atom. The molecule has 0 bridgehead atoms. The first-order valence-corrected chi connectivity index (χ1v) is 13.5. The Bertz CT molecular complexity index is 1640. The van der Waals surface area contributed by atoms with E-state index in [2.05, 4.69) is 46.3 Å². The second-order valence-corrected chi connectivity index (χ2v) is 10.7. The van der Waals surface area contributed by atoms with E-state index in [1.807, 2.05) is 23.1 Å². The third-order valence-electron chi connectivity index (χ3n) is 7.98. The highest BCUT2D eigenvalue weighted by Gasteiger charge is 2.48. The summed E-state index contributed by atoms with van der Waals surface area (Å²) in [4.78, 5) is 35.8. The van der Waals surface area contributed by atoms with Crippen molar-refractivity contribution in [2.45, 2.75) is 43.6 Å². The molecule has 1 amide bonds. The molecule has 218 valence electrons. The van der Waals surface area contributed by atoms with E-state index in [4.69, 9.17) is 0 Å². The van der Waals surface area contributed by atoms with Gasteiger partial charge in [0.1, 0.15) is 23.2 Å². The standard InChI is InChI=1S/C27H28F3N11O/c1-32-12-18-10-21(38-25(37-18)27(28,29)30)24(42)39-8-3-19(4-9-39)40-14-26(15-40,5-6-31)41-13-17(11-36-41)22-20-2-7-33-23(20)35-16-34-22/h2,7,10-11,13,16,19,32H,3-5,8-9,12,14-15H2,1H3,(H,33,34,35). The van der Waals surface area contributed by atoms with Crippen LogP contribution >= 0.6 is 0 Å². The van der Waals surface area contributed by atoms with Crippen molar-refractivity contribution in [1.29, 1.82) is 5.26 Å². The molecular formula is C27H28F3N11O. The summed E-state index contributed by atoms with van der Waals surface area (Å²) < 4.78 is 41.9. The molecule has 0 atom stereocenters. The van der Waals surface area contributed by atoms with Gasteiger partial charge >= 0.3 is 6.18 Å². The predicted octanol–water partition coefficient (Wildman–Crippen LogP) is 2.58. The summed E-state index contributed by atoms with van der Waals surface area (Å²) in [7, 11) is 1.59. The summed E-state index contributed by atoms with van der Waals surface area (Å²) in [5, 5.41) is 17.9. The van der Waals surface area contributed by atoms with Crippen LogP contribution in [0.1, 0.15) is 41.3 Å². The molecule has 12 nitrogen and oxygen atoms in total. The van der Waals surface area contributed by atoms with Crippen LogP contribution in [0.25, 0.3) is 22.3 Å². The first-order chi connectivity index (χ1) is 20.2. The van der Waals surface area contributed by atoms with Crippen molar-refractivity contribution in [3.8, 4) is 17.3 Å². The Morgan fingerprint density at radius 1 is 1.24 bits per heavy atom. The molecule has 0 aromatic carbocycles. The number of rotatable bonds is 7. The summed E-state index contributed by atoms with van der Waals surface area (Å²) >= 11 is 0. The predicted molar refractivity (Wildman–Crippen MR) is 144 cm³/mol. The van der Waals surface area contributed by atoms with Crippen LogP contribution in [0.3, 0.4) is 0 Å². The molecule has 0 radical (unpaired) electrons. The third-order valence-corrected chi connectivity index (χ3v) is 7.98. The molecule has 42 heavy (non-hydrogen) atoms. The van der Waals surface area contributed by atoms with Gasteiger partial charge in [-0.05, 0) is 32.0 Å². The highest BCUT2D eigenvalue weighted by atomic mass is 19.4. The van der Waals surface area contributed by atoms with Gasteiger partial charge in [0.15, 0.2) is 0 Å². The molecule has 4 aromatic heterocycles. The number of nitriles is 1. The summed E-state index contributed by atoms with van der Waals surface area (Å²) in [6.07, 6.45) is 3.83. The van der Waals surface area contributed by atoms with Crippen molar-refractivity contribution in [1.82, 2.24) is 49.8 Å². The van der Waals surface area contributed by atoms with E-state index in [0.717, 1.165) is 22.3 Å². The topological polar surface area (TPSA) is 145 Å². The first kappa shape index (κ1) is 27.7. The third kappa shape index (κ3) is 5.07. The quantitative estimate of drug-likeness (QED) is 0.338. The zero-order valence-electron chi connectivity index (χ0n) is 22.8. The number of nitrogens with one attached hydrogen (secondary N) is 2. The van der Waals surface area contributed by atoms with Crippen LogP contribution in [-0.4, -0.2) is 89.7 Å². The number of halogens is 3. The Hall–Kier alpha value is -4.42. The van der Waals surface area contributed by atoms with E-state index >= 15 is 0 Å². The van der Waals surface area contributed by atoms with Crippen LogP contribution in [-0.2, 0) is 18.3 Å². The number of carbonyl (C=O) groups excluding carboxylic acids is 1. The fourth-order valence-electron chi connectivity index (χ4n) is 5.86. The molecule has 2 fully saturated rings. The van der Waals surface area contributed by atoms with E-state index in [9.17, 15) is 23.2 Å². The number of fused-ring (bicyclic) bond motifs is 1. The number of hydrogen-bond donors (Lipinski definition) is 2. The number of likely N-dealkylation sites (tertiary alicyclic amines) is 2. The van der Waals surface area contributed by atoms with Crippen LogP contribution < -0.4 is 5.32 Å². The minimum atomic E-state index is -4.75. The van der Waals surface area contributed by atoms with Crippen LogP contribution in [0.15, 0.2) is 37.1 Å². The second-order valence-electron chi connectivity index (χ2n) is 10.7. The molecule has 0 spiro atoms. The van der Waals surface area contributed by atoms with Crippen molar-refractivity contribution in [3.63, 3.8) is 0 Å². The van der Waals surface area contributed by atoms with Gasteiger partial charge in [-0.1, -0.05) is 0 Å². The molecule has 4 aromatic rings. The lowest BCUT2D eigenvalue weighted by molar-refractivity contribution is -0.145. The Morgan fingerprint density at radius 3 is 2.74 bits per heavy atom. The van der Waals surface area contributed by atoms with Crippen molar-refractivity contribution in [2.24, 2.45) is 0 Å². The molecule has 6 heterocycles. The van der Waals surface area contributed by atoms with E-state index in [1.54, 1.807) is 18.1 Å². The molecule has 0 aliphatic carbocycles. The van der Waals surface area contributed by atoms with E-state index in [1.165, 1.54) is 12.4 Å². The molecule has 6 rings (SSSR count). The van der Waals surface area contributed by atoms with Crippen LogP contribution in [0, 0.1) is 11.3 Å². The fraction of sp³-hybridized carbons (Fsp3) is 0.444. The average molecular weight is 580 g/mol. The zero-order chi connectivity index (χ0) is 29.5. The van der Waals surface area contributed by atoms with Gasteiger partial charge in [0.05, 0.1) is 30.1 Å². The van der Waals surface area contributed by atoms with E-state index in [-0.39, 0.29) is 30.4 Å². The lowest BCUT2D eigenvalue weighted by Crippen LogP contribution is -2.66. The number of aromatic nitrogens is 7. The van der Waals surface area contributed by atoms with Crippen LogP contribution in [0.4, 0.5) is 13.2 Å². The Kier molecular flexibility index (Phi) is 7.11. The highest BCUT2D eigenvalue weighted by Crippen LogP contribution is 2.37.